The van der Waals surface area contributed by atoms with Gasteiger partial charge >= 0.3 is 5.97 Å². The molecule has 4 heteroatoms. The van der Waals surface area contributed by atoms with E-state index < -0.39 is 11.8 Å². The summed E-state index contributed by atoms with van der Waals surface area (Å²) in [5.41, 5.74) is 1.17. The lowest BCUT2D eigenvalue weighted by molar-refractivity contribution is -0.136. The Morgan fingerprint density at radius 1 is 1.62 bits per heavy atom. The van der Waals surface area contributed by atoms with Crippen LogP contribution in [-0.2, 0) is 11.2 Å². The van der Waals surface area contributed by atoms with Crippen molar-refractivity contribution in [1.82, 2.24) is 0 Å². The summed E-state index contributed by atoms with van der Waals surface area (Å²) in [6, 6.07) is 2.58. The largest absolute Gasteiger partial charge is 0.481 e. The van der Waals surface area contributed by atoms with E-state index in [4.69, 9.17) is 5.11 Å². The molecule has 0 heterocycles. The van der Waals surface area contributed by atoms with E-state index in [-0.39, 0.29) is 6.42 Å². The number of carboxylic acids is 1. The first kappa shape index (κ1) is 10.2. The zero-order chi connectivity index (χ0) is 10.0. The monoisotopic (exact) mass is 246 g/mol. The molecule has 2 nitrogen and oxygen atoms in total. The minimum Gasteiger partial charge on any atom is -0.481 e. The molecule has 0 fully saturated rings. The van der Waals surface area contributed by atoms with Crippen LogP contribution >= 0.6 is 15.9 Å². The van der Waals surface area contributed by atoms with Gasteiger partial charge in [-0.1, -0.05) is 15.9 Å². The zero-order valence-corrected chi connectivity index (χ0v) is 8.56. The van der Waals surface area contributed by atoms with Crippen molar-refractivity contribution in [3.05, 3.63) is 33.5 Å². The van der Waals surface area contributed by atoms with Crippen LogP contribution in [0.15, 0.2) is 16.6 Å². The van der Waals surface area contributed by atoms with Crippen molar-refractivity contribution in [2.45, 2.75) is 13.3 Å². The second-order valence-electron chi connectivity index (χ2n) is 2.77. The van der Waals surface area contributed by atoms with Crippen LogP contribution in [0, 0.1) is 12.7 Å². The SMILES string of the molecule is Cc1cc(F)cc(CC(=O)O)c1Br. The normalized spacial score (nSPS) is 10.1. The molecule has 1 N–H and O–H groups in total. The number of aryl methyl sites for hydroxylation is 1. The number of halogens is 2. The molecule has 70 valence electrons. The first-order valence-corrected chi connectivity index (χ1v) is 4.46. The summed E-state index contributed by atoms with van der Waals surface area (Å²) in [5.74, 6) is -1.37. The van der Waals surface area contributed by atoms with Crippen LogP contribution in [0.3, 0.4) is 0 Å². The first-order chi connectivity index (χ1) is 6.00. The molecule has 0 saturated carbocycles. The molecule has 0 aliphatic heterocycles. The maximum atomic E-state index is 12.8. The standard InChI is InChI=1S/C9H8BrFO2/c1-5-2-7(11)3-6(9(5)10)4-8(12)13/h2-3H,4H2,1H3,(H,12,13). The highest BCUT2D eigenvalue weighted by Gasteiger charge is 2.08. The lowest BCUT2D eigenvalue weighted by Gasteiger charge is -2.04. The molecule has 0 bridgehead atoms. The smallest absolute Gasteiger partial charge is 0.307 e. The number of rotatable bonds is 2. The molecule has 13 heavy (non-hydrogen) atoms. The molecule has 1 aromatic rings. The average molecular weight is 247 g/mol. The van der Waals surface area contributed by atoms with E-state index in [1.54, 1.807) is 6.92 Å². The number of aliphatic carboxylic acids is 1. The molecule has 0 aromatic heterocycles. The fraction of sp³-hybridized carbons (Fsp3) is 0.222. The molecule has 0 spiro atoms. The maximum absolute atomic E-state index is 12.8. The van der Waals surface area contributed by atoms with Gasteiger partial charge in [0.1, 0.15) is 5.82 Å². The number of hydrogen-bond donors (Lipinski definition) is 1. The third-order valence-corrected chi connectivity index (χ3v) is 2.77. The number of carboxylic acid groups (broad SMARTS) is 1. The fourth-order valence-electron chi connectivity index (χ4n) is 1.09. The van der Waals surface area contributed by atoms with Gasteiger partial charge in [0, 0.05) is 4.47 Å². The van der Waals surface area contributed by atoms with Crippen molar-refractivity contribution >= 4 is 21.9 Å². The van der Waals surface area contributed by atoms with Crippen molar-refractivity contribution in [1.29, 1.82) is 0 Å². The van der Waals surface area contributed by atoms with Gasteiger partial charge in [-0.05, 0) is 30.2 Å². The zero-order valence-electron chi connectivity index (χ0n) is 6.97. The molecule has 0 radical (unpaired) electrons. The summed E-state index contributed by atoms with van der Waals surface area (Å²) < 4.78 is 13.5. The Hall–Kier alpha value is -0.900. The van der Waals surface area contributed by atoms with Crippen LogP contribution in [0.4, 0.5) is 4.39 Å². The second kappa shape index (κ2) is 3.87. The van der Waals surface area contributed by atoms with E-state index in [2.05, 4.69) is 15.9 Å². The minimum atomic E-state index is -0.967. The molecular formula is C9H8BrFO2. The predicted molar refractivity (Wildman–Crippen MR) is 50.2 cm³/mol. The third kappa shape index (κ3) is 2.52. The highest BCUT2D eigenvalue weighted by atomic mass is 79.9. The van der Waals surface area contributed by atoms with Crippen molar-refractivity contribution in [3.8, 4) is 0 Å². The highest BCUT2D eigenvalue weighted by Crippen LogP contribution is 2.23. The lowest BCUT2D eigenvalue weighted by atomic mass is 10.1. The van der Waals surface area contributed by atoms with E-state index >= 15 is 0 Å². The molecule has 0 unspecified atom stereocenters. The maximum Gasteiger partial charge on any atom is 0.307 e. The Kier molecular flexibility index (Phi) is 3.03. The molecule has 0 atom stereocenters. The van der Waals surface area contributed by atoms with Gasteiger partial charge in [0.2, 0.25) is 0 Å². The van der Waals surface area contributed by atoms with Gasteiger partial charge in [-0.3, -0.25) is 4.79 Å². The van der Waals surface area contributed by atoms with Gasteiger partial charge in [0.15, 0.2) is 0 Å². The second-order valence-corrected chi connectivity index (χ2v) is 3.56. The van der Waals surface area contributed by atoms with Crippen molar-refractivity contribution in [2.24, 2.45) is 0 Å². The Bertz CT molecular complexity index is 350. The topological polar surface area (TPSA) is 37.3 Å². The molecule has 0 amide bonds. The molecular weight excluding hydrogens is 239 g/mol. The van der Waals surface area contributed by atoms with Crippen molar-refractivity contribution < 1.29 is 14.3 Å². The first-order valence-electron chi connectivity index (χ1n) is 3.67. The predicted octanol–water partition coefficient (Wildman–Crippen LogP) is 2.52. The Balaban J connectivity index is 3.12. The van der Waals surface area contributed by atoms with E-state index in [1.165, 1.54) is 12.1 Å². The number of carbonyl (C=O) groups is 1. The van der Waals surface area contributed by atoms with Crippen LogP contribution in [0.1, 0.15) is 11.1 Å². The fourth-order valence-corrected chi connectivity index (χ4v) is 1.46. The van der Waals surface area contributed by atoms with Crippen LogP contribution in [0.5, 0.6) is 0 Å². The Labute approximate surface area is 83.5 Å². The van der Waals surface area contributed by atoms with E-state index in [0.717, 1.165) is 0 Å². The van der Waals surface area contributed by atoms with E-state index in [0.29, 0.717) is 15.6 Å². The molecule has 0 aliphatic rings. The lowest BCUT2D eigenvalue weighted by Crippen LogP contribution is -2.02. The Morgan fingerprint density at radius 3 is 2.77 bits per heavy atom. The van der Waals surface area contributed by atoms with Gasteiger partial charge in [0.25, 0.3) is 0 Å². The number of hydrogen-bond acceptors (Lipinski definition) is 1. The number of benzene rings is 1. The van der Waals surface area contributed by atoms with Gasteiger partial charge < -0.3 is 5.11 Å². The summed E-state index contributed by atoms with van der Waals surface area (Å²) in [6.07, 6.45) is -0.167. The van der Waals surface area contributed by atoms with Gasteiger partial charge in [-0.2, -0.15) is 0 Å². The van der Waals surface area contributed by atoms with Gasteiger partial charge in [-0.25, -0.2) is 4.39 Å². The summed E-state index contributed by atoms with van der Waals surface area (Å²) in [5, 5.41) is 8.53. The van der Waals surface area contributed by atoms with Crippen LogP contribution in [0.2, 0.25) is 0 Å². The molecule has 0 saturated heterocycles. The average Bonchev–Trinajstić information content (AvgIpc) is 1.98. The van der Waals surface area contributed by atoms with Crippen LogP contribution < -0.4 is 0 Å². The van der Waals surface area contributed by atoms with Crippen molar-refractivity contribution in [3.63, 3.8) is 0 Å². The summed E-state index contributed by atoms with van der Waals surface area (Å²) >= 11 is 3.21. The summed E-state index contributed by atoms with van der Waals surface area (Å²) in [7, 11) is 0. The quantitative estimate of drug-likeness (QED) is 0.871. The highest BCUT2D eigenvalue weighted by molar-refractivity contribution is 9.10. The van der Waals surface area contributed by atoms with E-state index in [1.807, 2.05) is 0 Å². The van der Waals surface area contributed by atoms with Gasteiger partial charge in [-0.15, -0.1) is 0 Å². The van der Waals surface area contributed by atoms with Crippen molar-refractivity contribution in [2.75, 3.05) is 0 Å². The van der Waals surface area contributed by atoms with Gasteiger partial charge in [0.05, 0.1) is 6.42 Å². The minimum absolute atomic E-state index is 0.167. The van der Waals surface area contributed by atoms with Crippen LogP contribution in [-0.4, -0.2) is 11.1 Å². The van der Waals surface area contributed by atoms with E-state index in [9.17, 15) is 9.18 Å². The molecule has 1 aromatic carbocycles. The molecule has 1 rings (SSSR count). The Morgan fingerprint density at radius 2 is 2.23 bits per heavy atom. The van der Waals surface area contributed by atoms with Crippen LogP contribution in [0.25, 0.3) is 0 Å². The summed E-state index contributed by atoms with van der Waals surface area (Å²) in [4.78, 5) is 10.4. The summed E-state index contributed by atoms with van der Waals surface area (Å²) in [6.45, 7) is 1.72. The third-order valence-electron chi connectivity index (χ3n) is 1.64. The molecule has 0 aliphatic carbocycles.